The van der Waals surface area contributed by atoms with Crippen molar-refractivity contribution in [1.29, 1.82) is 0 Å². The Morgan fingerprint density at radius 3 is 2.48 bits per heavy atom. The van der Waals surface area contributed by atoms with Crippen molar-refractivity contribution < 1.29 is 28.6 Å². The maximum atomic E-state index is 14.5. The minimum Gasteiger partial charge on any atom is -0.494 e. The number of amides is 3. The lowest BCUT2D eigenvalue weighted by Crippen LogP contribution is -2.54. The maximum Gasteiger partial charge on any atom is 0.291 e. The largest absolute Gasteiger partial charge is 0.494 e. The molecule has 2 aromatic carbocycles. The number of hydrogen-bond acceptors (Lipinski definition) is 7. The van der Waals surface area contributed by atoms with Crippen LogP contribution in [0, 0.1) is 5.82 Å². The van der Waals surface area contributed by atoms with Gasteiger partial charge in [0.2, 0.25) is 5.91 Å². The average molecular weight is 619 g/mol. The number of hydrogen-bond donors (Lipinski definition) is 3. The van der Waals surface area contributed by atoms with Crippen LogP contribution in [0.4, 0.5) is 10.1 Å². The molecule has 3 heterocycles. The van der Waals surface area contributed by atoms with E-state index in [9.17, 15) is 23.9 Å². The van der Waals surface area contributed by atoms with Crippen LogP contribution < -0.4 is 15.4 Å². The second kappa shape index (κ2) is 12.3. The minimum atomic E-state index is -0.717. The Bertz CT molecular complexity index is 1540. The van der Waals surface area contributed by atoms with E-state index in [0.717, 1.165) is 0 Å². The first-order valence-electron chi connectivity index (χ1n) is 13.2. The number of nitrogens with one attached hydrogen (secondary N) is 2. The van der Waals surface area contributed by atoms with E-state index >= 15 is 0 Å². The standard InChI is InChI=1S/C28H29Cl2FN6O5/c1-35-21(18-5-6-22(42-2)24(31)23(18)30)14-33-25(35)26(39)34-15-3-4-17(19(29)11-15)27(40)36-7-9-37(10-8-36)28(41)20-12-16(38)13-32-20/h3-6,11,14,16,20,32,38H,7-10,12-13H2,1-2H3,(H,34,39)/t16-,20-/m1/s1. The van der Waals surface area contributed by atoms with E-state index in [0.29, 0.717) is 56.1 Å². The zero-order valence-electron chi connectivity index (χ0n) is 22.9. The van der Waals surface area contributed by atoms with Crippen LogP contribution in [0.5, 0.6) is 5.75 Å². The number of carbonyl (C=O) groups is 3. The molecule has 3 amide bonds. The van der Waals surface area contributed by atoms with Crippen LogP contribution in [-0.2, 0) is 11.8 Å². The summed E-state index contributed by atoms with van der Waals surface area (Å²) in [6.45, 7) is 1.85. The lowest BCUT2D eigenvalue weighted by molar-refractivity contribution is -0.134. The SMILES string of the molecule is COc1ccc(-c2cnc(C(=O)Nc3ccc(C(=O)N4CCN(C(=O)[C@H]5C[C@@H](O)CN5)CC4)c(Cl)c3)n2C)c(Cl)c1F. The highest BCUT2D eigenvalue weighted by atomic mass is 35.5. The van der Waals surface area contributed by atoms with Gasteiger partial charge in [-0.3, -0.25) is 14.4 Å². The number of benzene rings is 2. The summed E-state index contributed by atoms with van der Waals surface area (Å²) < 4.78 is 20.9. The van der Waals surface area contributed by atoms with Gasteiger partial charge in [0.05, 0.1) is 46.8 Å². The molecule has 2 fully saturated rings. The van der Waals surface area contributed by atoms with Crippen molar-refractivity contribution in [2.75, 3.05) is 45.2 Å². The third-order valence-corrected chi connectivity index (χ3v) is 8.16. The maximum absolute atomic E-state index is 14.5. The summed E-state index contributed by atoms with van der Waals surface area (Å²) in [7, 11) is 2.94. The molecule has 2 aliphatic heterocycles. The van der Waals surface area contributed by atoms with E-state index in [1.165, 1.54) is 36.1 Å². The molecule has 0 aliphatic carbocycles. The quantitative estimate of drug-likeness (QED) is 0.387. The second-order valence-corrected chi connectivity index (χ2v) is 10.9. The van der Waals surface area contributed by atoms with E-state index in [4.69, 9.17) is 27.9 Å². The molecule has 11 nitrogen and oxygen atoms in total. The summed E-state index contributed by atoms with van der Waals surface area (Å²) >= 11 is 12.6. The minimum absolute atomic E-state index is 0.00144. The lowest BCUT2D eigenvalue weighted by atomic mass is 10.1. The van der Waals surface area contributed by atoms with E-state index < -0.39 is 23.9 Å². The highest BCUT2D eigenvalue weighted by Crippen LogP contribution is 2.35. The van der Waals surface area contributed by atoms with Gasteiger partial charge in [-0.2, -0.15) is 0 Å². The number of anilines is 1. The fourth-order valence-electron chi connectivity index (χ4n) is 5.14. The summed E-state index contributed by atoms with van der Waals surface area (Å²) in [6.07, 6.45) is 1.27. The zero-order valence-corrected chi connectivity index (χ0v) is 24.4. The summed E-state index contributed by atoms with van der Waals surface area (Å²) in [6, 6.07) is 7.18. The molecule has 42 heavy (non-hydrogen) atoms. The number of carbonyl (C=O) groups excluding carboxylic acids is 3. The molecule has 0 spiro atoms. The summed E-state index contributed by atoms with van der Waals surface area (Å²) in [4.78, 5) is 46.4. The molecule has 0 bridgehead atoms. The molecule has 3 aromatic rings. The molecule has 2 aliphatic rings. The van der Waals surface area contributed by atoms with Crippen molar-refractivity contribution in [2.24, 2.45) is 7.05 Å². The number of β-amino-alcohol motifs (C(OH)–C–C–N with tert-alkyl or cyclic N) is 1. The third kappa shape index (κ3) is 5.80. The van der Waals surface area contributed by atoms with E-state index in [1.807, 2.05) is 0 Å². The van der Waals surface area contributed by atoms with Crippen LogP contribution in [0.1, 0.15) is 27.4 Å². The lowest BCUT2D eigenvalue weighted by Gasteiger charge is -2.36. The molecule has 2 saturated heterocycles. The number of ether oxygens (including phenoxy) is 1. The number of aliphatic hydroxyl groups excluding tert-OH is 1. The molecule has 14 heteroatoms. The van der Waals surface area contributed by atoms with E-state index in [-0.39, 0.29) is 39.0 Å². The Balaban J connectivity index is 1.22. The fourth-order valence-corrected chi connectivity index (χ4v) is 5.65. The Labute approximate surface area is 251 Å². The second-order valence-electron chi connectivity index (χ2n) is 10.1. The van der Waals surface area contributed by atoms with Crippen LogP contribution in [0.15, 0.2) is 36.5 Å². The van der Waals surface area contributed by atoms with Gasteiger partial charge in [0.1, 0.15) is 0 Å². The van der Waals surface area contributed by atoms with Crippen LogP contribution in [0.25, 0.3) is 11.3 Å². The topological polar surface area (TPSA) is 129 Å². The van der Waals surface area contributed by atoms with E-state index in [2.05, 4.69) is 15.6 Å². The molecule has 0 radical (unpaired) electrons. The molecule has 222 valence electrons. The van der Waals surface area contributed by atoms with Crippen molar-refractivity contribution in [3.63, 3.8) is 0 Å². The molecule has 0 saturated carbocycles. The van der Waals surface area contributed by atoms with Gasteiger partial charge in [0, 0.05) is 51.0 Å². The predicted molar refractivity (Wildman–Crippen MR) is 154 cm³/mol. The summed E-state index contributed by atoms with van der Waals surface area (Å²) in [5.74, 6) is -1.57. The van der Waals surface area contributed by atoms with Gasteiger partial charge in [-0.15, -0.1) is 0 Å². The molecular formula is C28H29Cl2FN6O5. The summed E-state index contributed by atoms with van der Waals surface area (Å²) in [5, 5.41) is 15.4. The highest BCUT2D eigenvalue weighted by Gasteiger charge is 2.34. The Hall–Kier alpha value is -3.71. The van der Waals surface area contributed by atoms with Crippen molar-refractivity contribution >= 4 is 46.6 Å². The molecule has 3 N–H and O–H groups in total. The Morgan fingerprint density at radius 1 is 1.12 bits per heavy atom. The van der Waals surface area contributed by atoms with E-state index in [1.54, 1.807) is 29.0 Å². The van der Waals surface area contributed by atoms with Gasteiger partial charge in [0.15, 0.2) is 17.4 Å². The molecule has 0 unspecified atom stereocenters. The van der Waals surface area contributed by atoms with Gasteiger partial charge in [-0.1, -0.05) is 23.2 Å². The van der Waals surface area contributed by atoms with Gasteiger partial charge < -0.3 is 34.8 Å². The first-order valence-corrected chi connectivity index (χ1v) is 14.0. The van der Waals surface area contributed by atoms with Crippen molar-refractivity contribution in [3.05, 3.63) is 63.8 Å². The molecule has 1 aromatic heterocycles. The number of piperazine rings is 1. The number of nitrogens with zero attached hydrogens (tertiary/aromatic N) is 4. The first kappa shape index (κ1) is 29.8. The number of halogens is 3. The summed E-state index contributed by atoms with van der Waals surface area (Å²) in [5.41, 5.74) is 1.38. The average Bonchev–Trinajstić information content (AvgIpc) is 3.59. The Kier molecular flexibility index (Phi) is 8.69. The normalized spacial score (nSPS) is 18.7. The molecular weight excluding hydrogens is 590 g/mol. The van der Waals surface area contributed by atoms with Gasteiger partial charge in [-0.25, -0.2) is 9.37 Å². The van der Waals surface area contributed by atoms with Crippen molar-refractivity contribution in [1.82, 2.24) is 24.7 Å². The number of imidazole rings is 1. The van der Waals surface area contributed by atoms with Crippen molar-refractivity contribution in [3.8, 4) is 17.0 Å². The number of aliphatic hydroxyl groups is 1. The molecule has 5 rings (SSSR count). The highest BCUT2D eigenvalue weighted by molar-refractivity contribution is 6.34. The van der Waals surface area contributed by atoms with Crippen LogP contribution in [-0.4, -0.2) is 94.2 Å². The molecule has 2 atom stereocenters. The number of methoxy groups -OCH3 is 1. The zero-order chi connectivity index (χ0) is 30.1. The van der Waals surface area contributed by atoms with Gasteiger partial charge in [-0.05, 0) is 36.8 Å². The third-order valence-electron chi connectivity index (χ3n) is 7.48. The first-order chi connectivity index (χ1) is 20.1. The monoisotopic (exact) mass is 618 g/mol. The number of rotatable bonds is 6. The predicted octanol–water partition coefficient (Wildman–Crippen LogP) is 2.80. The van der Waals surface area contributed by atoms with Gasteiger partial charge >= 0.3 is 0 Å². The Morgan fingerprint density at radius 2 is 1.83 bits per heavy atom. The number of aromatic nitrogens is 2. The van der Waals surface area contributed by atoms with Crippen LogP contribution in [0.2, 0.25) is 10.0 Å². The van der Waals surface area contributed by atoms with Crippen LogP contribution >= 0.6 is 23.2 Å². The van der Waals surface area contributed by atoms with Crippen LogP contribution in [0.3, 0.4) is 0 Å². The van der Waals surface area contributed by atoms with Crippen molar-refractivity contribution in [2.45, 2.75) is 18.6 Å². The van der Waals surface area contributed by atoms with Gasteiger partial charge in [0.25, 0.3) is 11.8 Å². The fraction of sp³-hybridized carbons (Fsp3) is 0.357. The smallest absolute Gasteiger partial charge is 0.291 e.